The van der Waals surface area contributed by atoms with Crippen molar-refractivity contribution in [3.63, 3.8) is 0 Å². The Kier molecular flexibility index (Phi) is 6.39. The maximum atomic E-state index is 14.2. The van der Waals surface area contributed by atoms with Gasteiger partial charge in [0.25, 0.3) is 0 Å². The zero-order chi connectivity index (χ0) is 15.3. The molecule has 1 N–H and O–H groups in total. The first-order valence-electron chi connectivity index (χ1n) is 6.47. The highest BCUT2D eigenvalue weighted by atomic mass is 35.5. The van der Waals surface area contributed by atoms with Gasteiger partial charge >= 0.3 is 0 Å². The van der Waals surface area contributed by atoms with Gasteiger partial charge in [0.15, 0.2) is 0 Å². The van der Waals surface area contributed by atoms with Crippen LogP contribution in [0.15, 0.2) is 17.0 Å². The summed E-state index contributed by atoms with van der Waals surface area (Å²) in [4.78, 5) is -0.476. The van der Waals surface area contributed by atoms with E-state index in [1.165, 1.54) is 10.4 Å². The van der Waals surface area contributed by atoms with Crippen molar-refractivity contribution >= 4 is 21.6 Å². The fraction of sp³-hybridized carbons (Fsp3) is 0.538. The predicted molar refractivity (Wildman–Crippen MR) is 76.7 cm³/mol. The molecule has 0 saturated carbocycles. The summed E-state index contributed by atoms with van der Waals surface area (Å²) in [6, 6.07) is 2.31. The quantitative estimate of drug-likeness (QED) is 0.839. The smallest absolute Gasteiger partial charge is 0.246 e. The SMILES string of the molecule is CCCN(CCC)S(=O)(=O)c1cc(Cl)cc(CO)c1F. The highest BCUT2D eigenvalue weighted by Crippen LogP contribution is 2.26. The highest BCUT2D eigenvalue weighted by molar-refractivity contribution is 7.89. The van der Waals surface area contributed by atoms with E-state index in [9.17, 15) is 12.8 Å². The topological polar surface area (TPSA) is 57.6 Å². The summed E-state index contributed by atoms with van der Waals surface area (Å²) in [7, 11) is -3.95. The van der Waals surface area contributed by atoms with Crippen LogP contribution < -0.4 is 0 Å². The summed E-state index contributed by atoms with van der Waals surface area (Å²) in [6.07, 6.45) is 1.27. The zero-order valence-electron chi connectivity index (χ0n) is 11.6. The minimum atomic E-state index is -3.95. The molecule has 7 heteroatoms. The van der Waals surface area contributed by atoms with Gasteiger partial charge in [-0.25, -0.2) is 12.8 Å². The Hall–Kier alpha value is -0.690. The zero-order valence-corrected chi connectivity index (χ0v) is 13.1. The van der Waals surface area contributed by atoms with Crippen LogP contribution in [0.3, 0.4) is 0 Å². The van der Waals surface area contributed by atoms with Gasteiger partial charge in [0, 0.05) is 23.7 Å². The molecule has 0 atom stereocenters. The van der Waals surface area contributed by atoms with Crippen LogP contribution in [0.25, 0.3) is 0 Å². The van der Waals surface area contributed by atoms with E-state index in [4.69, 9.17) is 16.7 Å². The summed E-state index contributed by atoms with van der Waals surface area (Å²) in [5.74, 6) is -0.936. The van der Waals surface area contributed by atoms with Crippen molar-refractivity contribution in [3.8, 4) is 0 Å². The number of sulfonamides is 1. The average Bonchev–Trinajstić information content (AvgIpc) is 2.40. The Morgan fingerprint density at radius 3 is 2.25 bits per heavy atom. The van der Waals surface area contributed by atoms with E-state index in [0.29, 0.717) is 25.9 Å². The van der Waals surface area contributed by atoms with Crippen LogP contribution in [0.2, 0.25) is 5.02 Å². The molecule has 114 valence electrons. The van der Waals surface area contributed by atoms with Crippen LogP contribution in [-0.2, 0) is 16.6 Å². The standard InChI is InChI=1S/C13H19ClFNO3S/c1-3-5-16(6-4-2)20(18,19)12-8-11(14)7-10(9-17)13(12)15/h7-8,17H,3-6,9H2,1-2H3. The molecule has 0 bridgehead atoms. The van der Waals surface area contributed by atoms with Crippen molar-refractivity contribution in [1.82, 2.24) is 4.31 Å². The molecule has 20 heavy (non-hydrogen) atoms. The van der Waals surface area contributed by atoms with Crippen molar-refractivity contribution in [2.24, 2.45) is 0 Å². The van der Waals surface area contributed by atoms with Gasteiger partial charge < -0.3 is 5.11 Å². The van der Waals surface area contributed by atoms with Crippen molar-refractivity contribution in [2.45, 2.75) is 38.2 Å². The Morgan fingerprint density at radius 1 is 1.25 bits per heavy atom. The highest BCUT2D eigenvalue weighted by Gasteiger charge is 2.28. The summed E-state index contributed by atoms with van der Waals surface area (Å²) in [5, 5.41) is 9.16. The minimum Gasteiger partial charge on any atom is -0.392 e. The van der Waals surface area contributed by atoms with E-state index < -0.39 is 27.3 Å². The van der Waals surface area contributed by atoms with Crippen molar-refractivity contribution in [1.29, 1.82) is 0 Å². The van der Waals surface area contributed by atoms with E-state index >= 15 is 0 Å². The maximum Gasteiger partial charge on any atom is 0.246 e. The molecular weight excluding hydrogens is 305 g/mol. The molecule has 0 spiro atoms. The Balaban J connectivity index is 3.36. The second kappa shape index (κ2) is 7.36. The molecule has 0 aliphatic carbocycles. The number of rotatable bonds is 7. The lowest BCUT2D eigenvalue weighted by atomic mass is 10.2. The summed E-state index contributed by atoms with van der Waals surface area (Å²) in [5.41, 5.74) is -0.121. The third-order valence-corrected chi connectivity index (χ3v) is 4.93. The summed E-state index contributed by atoms with van der Waals surface area (Å²) >= 11 is 5.80. The lowest BCUT2D eigenvalue weighted by molar-refractivity contribution is 0.274. The third-order valence-electron chi connectivity index (χ3n) is 2.81. The lowest BCUT2D eigenvalue weighted by Crippen LogP contribution is -2.33. The molecule has 1 aromatic rings. The van der Waals surface area contributed by atoms with Crippen molar-refractivity contribution < 1.29 is 17.9 Å². The van der Waals surface area contributed by atoms with Crippen LogP contribution in [0.4, 0.5) is 4.39 Å². The number of benzene rings is 1. The number of aliphatic hydroxyl groups excluding tert-OH is 1. The van der Waals surface area contributed by atoms with Gasteiger partial charge in [-0.2, -0.15) is 4.31 Å². The Morgan fingerprint density at radius 2 is 1.80 bits per heavy atom. The largest absolute Gasteiger partial charge is 0.392 e. The molecular formula is C13H19ClFNO3S. The fourth-order valence-electron chi connectivity index (χ4n) is 1.91. The number of hydrogen-bond donors (Lipinski definition) is 1. The monoisotopic (exact) mass is 323 g/mol. The summed E-state index contributed by atoms with van der Waals surface area (Å²) in [6.45, 7) is 3.74. The fourth-order valence-corrected chi connectivity index (χ4v) is 3.97. The van der Waals surface area contributed by atoms with Gasteiger partial charge in [0.05, 0.1) is 6.61 Å². The molecule has 0 aliphatic heterocycles. The van der Waals surface area contributed by atoms with Gasteiger partial charge in [-0.1, -0.05) is 25.4 Å². The van der Waals surface area contributed by atoms with E-state index in [1.807, 2.05) is 13.8 Å². The molecule has 0 saturated heterocycles. The third kappa shape index (κ3) is 3.69. The van der Waals surface area contributed by atoms with Crippen LogP contribution in [-0.4, -0.2) is 30.9 Å². The number of nitrogens with zero attached hydrogens (tertiary/aromatic N) is 1. The van der Waals surface area contributed by atoms with E-state index in [1.54, 1.807) is 0 Å². The molecule has 0 aliphatic rings. The Bertz CT molecular complexity index is 557. The van der Waals surface area contributed by atoms with Gasteiger partial charge in [-0.15, -0.1) is 0 Å². The molecule has 0 fully saturated rings. The van der Waals surface area contributed by atoms with E-state index in [0.717, 1.165) is 6.07 Å². The first-order chi connectivity index (χ1) is 9.38. The molecule has 0 unspecified atom stereocenters. The number of hydrogen-bond acceptors (Lipinski definition) is 3. The van der Waals surface area contributed by atoms with Crippen LogP contribution >= 0.6 is 11.6 Å². The lowest BCUT2D eigenvalue weighted by Gasteiger charge is -2.22. The molecule has 0 amide bonds. The average molecular weight is 324 g/mol. The number of halogens is 2. The molecule has 1 rings (SSSR count). The molecule has 4 nitrogen and oxygen atoms in total. The second-order valence-electron chi connectivity index (χ2n) is 4.44. The van der Waals surface area contributed by atoms with Gasteiger partial charge in [0.1, 0.15) is 10.7 Å². The molecule has 0 aromatic heterocycles. The second-order valence-corrected chi connectivity index (χ2v) is 6.78. The van der Waals surface area contributed by atoms with Gasteiger partial charge in [-0.3, -0.25) is 0 Å². The normalized spacial score (nSPS) is 12.1. The molecule has 1 aromatic carbocycles. The first kappa shape index (κ1) is 17.4. The van der Waals surface area contributed by atoms with Crippen LogP contribution in [0.5, 0.6) is 0 Å². The summed E-state index contributed by atoms with van der Waals surface area (Å²) < 4.78 is 40.4. The minimum absolute atomic E-state index is 0.0852. The van der Waals surface area contributed by atoms with E-state index in [-0.39, 0.29) is 10.6 Å². The van der Waals surface area contributed by atoms with E-state index in [2.05, 4.69) is 0 Å². The molecule has 0 heterocycles. The first-order valence-corrected chi connectivity index (χ1v) is 8.29. The van der Waals surface area contributed by atoms with Gasteiger partial charge in [0.2, 0.25) is 10.0 Å². The van der Waals surface area contributed by atoms with Crippen molar-refractivity contribution in [3.05, 3.63) is 28.5 Å². The Labute approximate surface area is 124 Å². The van der Waals surface area contributed by atoms with Crippen LogP contribution in [0.1, 0.15) is 32.3 Å². The number of aliphatic hydroxyl groups is 1. The van der Waals surface area contributed by atoms with Gasteiger partial charge in [-0.05, 0) is 25.0 Å². The predicted octanol–water partition coefficient (Wildman–Crippen LogP) is 2.78. The maximum absolute atomic E-state index is 14.2. The molecule has 0 radical (unpaired) electrons. The van der Waals surface area contributed by atoms with Crippen LogP contribution in [0, 0.1) is 5.82 Å². The van der Waals surface area contributed by atoms with Crippen molar-refractivity contribution in [2.75, 3.05) is 13.1 Å².